The van der Waals surface area contributed by atoms with Crippen LogP contribution in [0.15, 0.2) is 34.7 Å². The van der Waals surface area contributed by atoms with Crippen LogP contribution in [0.4, 0.5) is 5.69 Å². The maximum absolute atomic E-state index is 12.0. The predicted molar refractivity (Wildman–Crippen MR) is 76.9 cm³/mol. The summed E-state index contributed by atoms with van der Waals surface area (Å²) in [7, 11) is -3.56. The summed E-state index contributed by atoms with van der Waals surface area (Å²) in [6.45, 7) is 0.290. The van der Waals surface area contributed by atoms with E-state index in [1.54, 1.807) is 6.20 Å². The van der Waals surface area contributed by atoms with Gasteiger partial charge in [-0.2, -0.15) is 0 Å². The zero-order chi connectivity index (χ0) is 13.9. The summed E-state index contributed by atoms with van der Waals surface area (Å²) >= 11 is 7.25. The number of sulfonamides is 1. The molecule has 0 aliphatic heterocycles. The van der Waals surface area contributed by atoms with Crippen LogP contribution in [0.25, 0.3) is 0 Å². The van der Waals surface area contributed by atoms with Crippen LogP contribution >= 0.6 is 22.9 Å². The van der Waals surface area contributed by atoms with E-state index >= 15 is 0 Å². The number of benzene rings is 1. The molecule has 3 N–H and O–H groups in total. The molecule has 0 amide bonds. The Balaban J connectivity index is 2.03. The van der Waals surface area contributed by atoms with Crippen molar-refractivity contribution in [1.82, 2.24) is 9.71 Å². The number of thiazole rings is 1. The van der Waals surface area contributed by atoms with Gasteiger partial charge in [0.05, 0.1) is 20.6 Å². The van der Waals surface area contributed by atoms with E-state index in [1.165, 1.54) is 29.5 Å². The van der Waals surface area contributed by atoms with Crippen LogP contribution in [0.3, 0.4) is 0 Å². The van der Waals surface area contributed by atoms with Gasteiger partial charge in [0.15, 0.2) is 0 Å². The maximum atomic E-state index is 12.0. The Labute approximate surface area is 120 Å². The molecule has 0 radical (unpaired) electrons. The molecule has 1 aromatic heterocycles. The second-order valence-electron chi connectivity index (χ2n) is 3.76. The Morgan fingerprint density at radius 2 is 2.21 bits per heavy atom. The molecule has 19 heavy (non-hydrogen) atoms. The third-order valence-corrected chi connectivity index (χ3v) is 5.03. The van der Waals surface area contributed by atoms with Gasteiger partial charge in [0.2, 0.25) is 10.0 Å². The minimum atomic E-state index is -3.56. The molecule has 8 heteroatoms. The number of hydrogen-bond acceptors (Lipinski definition) is 5. The van der Waals surface area contributed by atoms with Gasteiger partial charge in [0, 0.05) is 24.5 Å². The van der Waals surface area contributed by atoms with Gasteiger partial charge in [-0.3, -0.25) is 0 Å². The lowest BCUT2D eigenvalue weighted by molar-refractivity contribution is 0.581. The molecule has 0 saturated carbocycles. The van der Waals surface area contributed by atoms with E-state index in [4.69, 9.17) is 17.3 Å². The van der Waals surface area contributed by atoms with Crippen LogP contribution < -0.4 is 10.5 Å². The second-order valence-corrected chi connectivity index (χ2v) is 6.91. The number of nitrogen functional groups attached to an aromatic ring is 1. The summed E-state index contributed by atoms with van der Waals surface area (Å²) < 4.78 is 26.5. The monoisotopic (exact) mass is 317 g/mol. The number of aromatic nitrogens is 1. The van der Waals surface area contributed by atoms with Gasteiger partial charge in [0.1, 0.15) is 0 Å². The van der Waals surface area contributed by atoms with Gasteiger partial charge in [-0.1, -0.05) is 11.6 Å². The molecule has 0 aliphatic rings. The Morgan fingerprint density at radius 1 is 1.42 bits per heavy atom. The Hall–Kier alpha value is -1.15. The highest BCUT2D eigenvalue weighted by Crippen LogP contribution is 2.22. The van der Waals surface area contributed by atoms with E-state index in [9.17, 15) is 8.42 Å². The molecule has 0 bridgehead atoms. The molecule has 0 aliphatic carbocycles. The quantitative estimate of drug-likeness (QED) is 0.825. The number of rotatable bonds is 5. The molecule has 2 rings (SSSR count). The van der Waals surface area contributed by atoms with Crippen LogP contribution in [-0.4, -0.2) is 19.9 Å². The van der Waals surface area contributed by atoms with Gasteiger partial charge in [-0.15, -0.1) is 11.3 Å². The molecule has 5 nitrogen and oxygen atoms in total. The number of hydrogen-bond donors (Lipinski definition) is 2. The van der Waals surface area contributed by atoms with E-state index < -0.39 is 10.0 Å². The van der Waals surface area contributed by atoms with Gasteiger partial charge in [0.25, 0.3) is 0 Å². The van der Waals surface area contributed by atoms with E-state index in [0.717, 1.165) is 5.01 Å². The summed E-state index contributed by atoms with van der Waals surface area (Å²) in [5, 5.41) is 3.07. The predicted octanol–water partition coefficient (Wildman–Crippen LogP) is 1.90. The first kappa shape index (κ1) is 14.3. The van der Waals surface area contributed by atoms with Crippen molar-refractivity contribution in [2.24, 2.45) is 0 Å². The van der Waals surface area contributed by atoms with Crippen molar-refractivity contribution in [3.8, 4) is 0 Å². The highest BCUT2D eigenvalue weighted by atomic mass is 35.5. The zero-order valence-electron chi connectivity index (χ0n) is 9.84. The van der Waals surface area contributed by atoms with Gasteiger partial charge >= 0.3 is 0 Å². The zero-order valence-corrected chi connectivity index (χ0v) is 12.2. The highest BCUT2D eigenvalue weighted by molar-refractivity contribution is 7.89. The third-order valence-electron chi connectivity index (χ3n) is 2.39. The van der Waals surface area contributed by atoms with Crippen LogP contribution in [0.5, 0.6) is 0 Å². The molecule has 0 spiro atoms. The number of nitrogens with one attached hydrogen (secondary N) is 1. The average Bonchev–Trinajstić information content (AvgIpc) is 2.85. The van der Waals surface area contributed by atoms with Crippen molar-refractivity contribution in [1.29, 1.82) is 0 Å². The first-order valence-corrected chi connectivity index (χ1v) is 8.16. The normalized spacial score (nSPS) is 11.6. The summed E-state index contributed by atoms with van der Waals surface area (Å²) in [6.07, 6.45) is 2.24. The van der Waals surface area contributed by atoms with E-state index in [-0.39, 0.29) is 10.6 Å². The number of anilines is 1. The SMILES string of the molecule is Nc1cc(S(=O)(=O)NCCc2nccs2)ccc1Cl. The maximum Gasteiger partial charge on any atom is 0.240 e. The minimum absolute atomic E-state index is 0.105. The number of nitrogens with zero attached hydrogens (tertiary/aromatic N) is 1. The first-order valence-electron chi connectivity index (χ1n) is 5.42. The minimum Gasteiger partial charge on any atom is -0.397 e. The lowest BCUT2D eigenvalue weighted by Crippen LogP contribution is -2.26. The highest BCUT2D eigenvalue weighted by Gasteiger charge is 2.14. The molecule has 0 atom stereocenters. The molecule has 0 fully saturated rings. The molecule has 2 aromatic rings. The van der Waals surface area contributed by atoms with Crippen LogP contribution in [-0.2, 0) is 16.4 Å². The largest absolute Gasteiger partial charge is 0.397 e. The van der Waals surface area contributed by atoms with Crippen molar-refractivity contribution in [2.45, 2.75) is 11.3 Å². The van der Waals surface area contributed by atoms with Crippen molar-refractivity contribution in [3.05, 3.63) is 39.8 Å². The smallest absolute Gasteiger partial charge is 0.240 e. The molecule has 0 saturated heterocycles. The Kier molecular flexibility index (Phi) is 4.41. The lowest BCUT2D eigenvalue weighted by Gasteiger charge is -2.07. The summed E-state index contributed by atoms with van der Waals surface area (Å²) in [5.74, 6) is 0. The third kappa shape index (κ3) is 3.66. The topological polar surface area (TPSA) is 85.1 Å². The Bertz CT molecular complexity index is 657. The van der Waals surface area contributed by atoms with Crippen molar-refractivity contribution in [3.63, 3.8) is 0 Å². The summed E-state index contributed by atoms with van der Waals surface area (Å²) in [5.41, 5.74) is 5.83. The average molecular weight is 318 g/mol. The van der Waals surface area contributed by atoms with Crippen LogP contribution in [0, 0.1) is 0 Å². The molecular formula is C11H12ClN3O2S2. The molecule has 102 valence electrons. The molecule has 1 aromatic carbocycles. The molecule has 0 unspecified atom stereocenters. The van der Waals surface area contributed by atoms with Crippen molar-refractivity contribution >= 4 is 38.6 Å². The van der Waals surface area contributed by atoms with E-state index in [1.807, 2.05) is 5.38 Å². The van der Waals surface area contributed by atoms with E-state index in [0.29, 0.717) is 18.0 Å². The van der Waals surface area contributed by atoms with Gasteiger partial charge in [-0.05, 0) is 18.2 Å². The fourth-order valence-electron chi connectivity index (χ4n) is 1.44. The summed E-state index contributed by atoms with van der Waals surface area (Å²) in [6, 6.07) is 4.23. The van der Waals surface area contributed by atoms with Crippen LogP contribution in [0.1, 0.15) is 5.01 Å². The number of halogens is 1. The number of nitrogens with two attached hydrogens (primary N) is 1. The van der Waals surface area contributed by atoms with Crippen molar-refractivity contribution in [2.75, 3.05) is 12.3 Å². The second kappa shape index (κ2) is 5.87. The van der Waals surface area contributed by atoms with Gasteiger partial charge < -0.3 is 5.73 Å². The summed E-state index contributed by atoms with van der Waals surface area (Å²) in [4.78, 5) is 4.19. The van der Waals surface area contributed by atoms with Crippen molar-refractivity contribution < 1.29 is 8.42 Å². The molecular weight excluding hydrogens is 306 g/mol. The van der Waals surface area contributed by atoms with Gasteiger partial charge in [-0.25, -0.2) is 18.1 Å². The standard InChI is InChI=1S/C11H12ClN3O2S2/c12-9-2-1-8(7-10(9)13)19(16,17)15-4-3-11-14-5-6-18-11/h1-2,5-7,15H,3-4,13H2. The first-order chi connectivity index (χ1) is 8.99. The fourth-order valence-corrected chi connectivity index (χ4v) is 3.25. The Morgan fingerprint density at radius 3 is 2.84 bits per heavy atom. The molecule has 1 heterocycles. The van der Waals surface area contributed by atoms with E-state index in [2.05, 4.69) is 9.71 Å². The fraction of sp³-hybridized carbons (Fsp3) is 0.182. The lowest BCUT2D eigenvalue weighted by atomic mass is 10.3. The van der Waals surface area contributed by atoms with Crippen LogP contribution in [0.2, 0.25) is 5.02 Å².